The molecule has 3 rings (SSSR count). The van der Waals surface area contributed by atoms with E-state index in [0.717, 1.165) is 24.8 Å². The van der Waals surface area contributed by atoms with Gasteiger partial charge in [-0.1, -0.05) is 48.5 Å². The van der Waals surface area contributed by atoms with Gasteiger partial charge < -0.3 is 10.1 Å². The topological polar surface area (TPSA) is 75.7 Å². The molecule has 1 aliphatic rings. The van der Waals surface area contributed by atoms with Gasteiger partial charge in [-0.05, 0) is 55.7 Å². The van der Waals surface area contributed by atoms with Gasteiger partial charge in [-0.3, -0.25) is 4.79 Å². The molecular weight excluding hydrogens is 459 g/mol. The summed E-state index contributed by atoms with van der Waals surface area (Å²) in [6.07, 6.45) is 4.34. The first-order valence-corrected chi connectivity index (χ1v) is 12.3. The average molecular weight is 485 g/mol. The zero-order valence-electron chi connectivity index (χ0n) is 17.5. The van der Waals surface area contributed by atoms with Crippen molar-refractivity contribution < 1.29 is 17.9 Å². The molecule has 1 saturated carbocycles. The van der Waals surface area contributed by atoms with Crippen molar-refractivity contribution in [2.45, 2.75) is 50.0 Å². The molecule has 1 aliphatic carbocycles. The minimum absolute atomic E-state index is 0.0376. The van der Waals surface area contributed by atoms with Crippen LogP contribution in [-0.4, -0.2) is 38.3 Å². The molecule has 0 aromatic heterocycles. The van der Waals surface area contributed by atoms with Gasteiger partial charge in [0.1, 0.15) is 5.75 Å². The first-order chi connectivity index (χ1) is 14.7. The van der Waals surface area contributed by atoms with Crippen molar-refractivity contribution in [2.75, 3.05) is 19.0 Å². The number of hydrogen-bond acceptors (Lipinski definition) is 4. The van der Waals surface area contributed by atoms with Crippen LogP contribution in [0.5, 0.6) is 5.75 Å². The second-order valence-electron chi connectivity index (χ2n) is 7.60. The zero-order chi connectivity index (χ0) is 22.6. The van der Waals surface area contributed by atoms with Crippen LogP contribution < -0.4 is 10.1 Å². The molecule has 0 atom stereocenters. The van der Waals surface area contributed by atoms with Crippen LogP contribution in [0.3, 0.4) is 0 Å². The Balaban J connectivity index is 1.89. The lowest BCUT2D eigenvalue weighted by Gasteiger charge is -2.33. The first-order valence-electron chi connectivity index (χ1n) is 10.1. The predicted octanol–water partition coefficient (Wildman–Crippen LogP) is 5.27. The molecule has 1 N–H and O–H groups in total. The number of nitrogens with zero attached hydrogens (tertiary/aromatic N) is 1. The van der Waals surface area contributed by atoms with Crippen molar-refractivity contribution in [3.05, 3.63) is 52.0 Å². The Morgan fingerprint density at radius 1 is 1.13 bits per heavy atom. The SMILES string of the molecule is COc1ccc(S(=O)(=O)N(CC(=O)Nc2cccc(Cl)c2C)C2CCCCC2)cc1Cl. The number of ether oxygens (including phenoxy) is 1. The highest BCUT2D eigenvalue weighted by Gasteiger charge is 2.34. The van der Waals surface area contributed by atoms with Gasteiger partial charge in [-0.2, -0.15) is 4.31 Å². The Labute approximate surface area is 193 Å². The summed E-state index contributed by atoms with van der Waals surface area (Å²) in [6.45, 7) is 1.51. The summed E-state index contributed by atoms with van der Waals surface area (Å²) in [7, 11) is -2.48. The number of nitrogens with one attached hydrogen (secondary N) is 1. The molecule has 0 aliphatic heterocycles. The Morgan fingerprint density at radius 2 is 1.84 bits per heavy atom. The largest absolute Gasteiger partial charge is 0.495 e. The molecule has 2 aromatic carbocycles. The molecule has 0 radical (unpaired) electrons. The minimum Gasteiger partial charge on any atom is -0.495 e. The number of sulfonamides is 1. The van der Waals surface area contributed by atoms with Crippen molar-refractivity contribution in [3.63, 3.8) is 0 Å². The van der Waals surface area contributed by atoms with Gasteiger partial charge in [0.25, 0.3) is 0 Å². The van der Waals surface area contributed by atoms with E-state index in [0.29, 0.717) is 29.3 Å². The molecule has 6 nitrogen and oxygen atoms in total. The fraction of sp³-hybridized carbons (Fsp3) is 0.409. The normalized spacial score (nSPS) is 15.1. The van der Waals surface area contributed by atoms with Crippen LogP contribution in [0.2, 0.25) is 10.0 Å². The molecule has 9 heteroatoms. The van der Waals surface area contributed by atoms with E-state index in [1.54, 1.807) is 25.1 Å². The molecule has 0 bridgehead atoms. The van der Waals surface area contributed by atoms with Gasteiger partial charge in [0.15, 0.2) is 0 Å². The highest BCUT2D eigenvalue weighted by atomic mass is 35.5. The Bertz CT molecular complexity index is 1050. The second kappa shape index (κ2) is 10.2. The third kappa shape index (κ3) is 5.52. The van der Waals surface area contributed by atoms with E-state index in [1.807, 2.05) is 0 Å². The smallest absolute Gasteiger partial charge is 0.243 e. The molecule has 2 aromatic rings. The van der Waals surface area contributed by atoms with Crippen LogP contribution in [0.15, 0.2) is 41.3 Å². The molecule has 168 valence electrons. The molecule has 1 amide bonds. The van der Waals surface area contributed by atoms with E-state index in [2.05, 4.69) is 5.32 Å². The monoisotopic (exact) mass is 484 g/mol. The average Bonchev–Trinajstić information content (AvgIpc) is 2.75. The Hall–Kier alpha value is -1.80. The summed E-state index contributed by atoms with van der Waals surface area (Å²) in [4.78, 5) is 12.9. The number of rotatable bonds is 7. The van der Waals surface area contributed by atoms with Crippen molar-refractivity contribution in [2.24, 2.45) is 0 Å². The predicted molar refractivity (Wildman–Crippen MR) is 124 cm³/mol. The zero-order valence-corrected chi connectivity index (χ0v) is 19.9. The maximum Gasteiger partial charge on any atom is 0.243 e. The Morgan fingerprint density at radius 3 is 2.48 bits per heavy atom. The van der Waals surface area contributed by atoms with Crippen LogP contribution in [-0.2, 0) is 14.8 Å². The summed E-state index contributed by atoms with van der Waals surface area (Å²) in [6, 6.07) is 9.30. The number of carbonyl (C=O) groups is 1. The van der Waals surface area contributed by atoms with Crippen molar-refractivity contribution in [1.82, 2.24) is 4.31 Å². The number of hydrogen-bond donors (Lipinski definition) is 1. The molecule has 0 spiro atoms. The van der Waals surface area contributed by atoms with Crippen molar-refractivity contribution in [3.8, 4) is 5.75 Å². The minimum atomic E-state index is -3.95. The second-order valence-corrected chi connectivity index (χ2v) is 10.3. The Kier molecular flexibility index (Phi) is 7.86. The number of carbonyl (C=O) groups excluding carboxylic acids is 1. The number of benzene rings is 2. The number of amides is 1. The summed E-state index contributed by atoms with van der Waals surface area (Å²) >= 11 is 12.3. The summed E-state index contributed by atoms with van der Waals surface area (Å²) in [5.41, 5.74) is 1.29. The number of methoxy groups -OCH3 is 1. The maximum atomic E-state index is 13.5. The van der Waals surface area contributed by atoms with E-state index in [4.69, 9.17) is 27.9 Å². The lowest BCUT2D eigenvalue weighted by molar-refractivity contribution is -0.116. The van der Waals surface area contributed by atoms with E-state index in [-0.39, 0.29) is 22.5 Å². The standard InChI is InChI=1S/C22H26Cl2N2O4S/c1-15-18(23)9-6-10-20(15)25-22(27)14-26(16-7-4-3-5-8-16)31(28,29)17-11-12-21(30-2)19(24)13-17/h6,9-13,16H,3-5,7-8,14H2,1-2H3,(H,25,27). The maximum absolute atomic E-state index is 13.5. The molecule has 31 heavy (non-hydrogen) atoms. The van der Waals surface area contributed by atoms with Crippen LogP contribution in [0.4, 0.5) is 5.69 Å². The highest BCUT2D eigenvalue weighted by Crippen LogP contribution is 2.32. The van der Waals surface area contributed by atoms with Gasteiger partial charge >= 0.3 is 0 Å². The van der Waals surface area contributed by atoms with Crippen molar-refractivity contribution in [1.29, 1.82) is 0 Å². The summed E-state index contributed by atoms with van der Waals surface area (Å²) < 4.78 is 33.5. The number of anilines is 1. The lowest BCUT2D eigenvalue weighted by Crippen LogP contribution is -2.45. The van der Waals surface area contributed by atoms with Gasteiger partial charge in [0.2, 0.25) is 15.9 Å². The molecule has 0 heterocycles. The van der Waals surface area contributed by atoms with E-state index < -0.39 is 15.9 Å². The summed E-state index contributed by atoms with van der Waals surface area (Å²) in [5, 5.41) is 3.53. The van der Waals surface area contributed by atoms with Gasteiger partial charge in [0.05, 0.1) is 23.6 Å². The number of halogens is 2. The third-order valence-electron chi connectivity index (χ3n) is 5.55. The molecular formula is C22H26Cl2N2O4S. The van der Waals surface area contributed by atoms with E-state index in [1.165, 1.54) is 29.6 Å². The van der Waals surface area contributed by atoms with Crippen molar-refractivity contribution >= 4 is 44.8 Å². The molecule has 0 saturated heterocycles. The van der Waals surface area contributed by atoms with Crippen LogP contribution >= 0.6 is 23.2 Å². The van der Waals surface area contributed by atoms with Crippen LogP contribution in [0, 0.1) is 6.92 Å². The van der Waals surface area contributed by atoms with Crippen LogP contribution in [0.25, 0.3) is 0 Å². The quantitative estimate of drug-likeness (QED) is 0.580. The molecule has 0 unspecified atom stereocenters. The van der Waals surface area contributed by atoms with Crippen LogP contribution in [0.1, 0.15) is 37.7 Å². The third-order valence-corrected chi connectivity index (χ3v) is 8.15. The molecule has 1 fully saturated rings. The first kappa shape index (κ1) is 23.9. The summed E-state index contributed by atoms with van der Waals surface area (Å²) in [5.74, 6) is -0.0295. The van der Waals surface area contributed by atoms with E-state index in [9.17, 15) is 13.2 Å². The van der Waals surface area contributed by atoms with Gasteiger partial charge in [-0.15, -0.1) is 0 Å². The fourth-order valence-electron chi connectivity index (χ4n) is 3.80. The van der Waals surface area contributed by atoms with Gasteiger partial charge in [-0.25, -0.2) is 8.42 Å². The van der Waals surface area contributed by atoms with E-state index >= 15 is 0 Å². The highest BCUT2D eigenvalue weighted by molar-refractivity contribution is 7.89. The fourth-order valence-corrected chi connectivity index (χ4v) is 5.96. The lowest BCUT2D eigenvalue weighted by atomic mass is 9.95. The van der Waals surface area contributed by atoms with Gasteiger partial charge in [0, 0.05) is 16.8 Å².